The van der Waals surface area contributed by atoms with Crippen molar-refractivity contribution < 1.29 is 19.0 Å². The van der Waals surface area contributed by atoms with Gasteiger partial charge in [-0.05, 0) is 57.9 Å². The normalized spacial score (nSPS) is 16.0. The first-order valence-electron chi connectivity index (χ1n) is 7.00. The molecule has 1 heterocycles. The monoisotopic (exact) mass is 439 g/mol. The molecular formula is C17H11BrFNO3S2. The van der Waals surface area contributed by atoms with Crippen LogP contribution in [-0.4, -0.2) is 22.4 Å². The van der Waals surface area contributed by atoms with Crippen LogP contribution in [0.5, 0.6) is 11.5 Å². The first kappa shape index (κ1) is 17.9. The molecule has 0 unspecified atom stereocenters. The van der Waals surface area contributed by atoms with E-state index >= 15 is 0 Å². The second kappa shape index (κ2) is 7.15. The number of benzene rings is 2. The highest BCUT2D eigenvalue weighted by Gasteiger charge is 2.33. The summed E-state index contributed by atoms with van der Waals surface area (Å²) >= 11 is 9.63. The van der Waals surface area contributed by atoms with Crippen LogP contribution >= 0.6 is 39.9 Å². The Labute approximate surface area is 161 Å². The molecule has 25 heavy (non-hydrogen) atoms. The lowest BCUT2D eigenvalue weighted by atomic mass is 10.2. The lowest BCUT2D eigenvalue weighted by Gasteiger charge is -2.14. The highest BCUT2D eigenvalue weighted by Crippen LogP contribution is 2.39. The van der Waals surface area contributed by atoms with Crippen LogP contribution in [0.3, 0.4) is 0 Å². The Hall–Kier alpha value is -1.90. The van der Waals surface area contributed by atoms with Crippen LogP contribution in [0.2, 0.25) is 0 Å². The van der Waals surface area contributed by atoms with Crippen molar-refractivity contribution in [3.8, 4) is 11.5 Å². The topological polar surface area (TPSA) is 49.8 Å². The molecule has 0 bridgehead atoms. The second-order valence-electron chi connectivity index (χ2n) is 5.05. The predicted octanol–water partition coefficient (Wildman–Crippen LogP) is 4.71. The molecule has 1 saturated heterocycles. The largest absolute Gasteiger partial charge is 0.503 e. The van der Waals surface area contributed by atoms with Crippen molar-refractivity contribution in [3.05, 3.63) is 57.2 Å². The maximum absolute atomic E-state index is 13.4. The number of halogens is 2. The minimum Gasteiger partial charge on any atom is -0.503 e. The van der Waals surface area contributed by atoms with Crippen LogP contribution in [0, 0.1) is 5.82 Å². The van der Waals surface area contributed by atoms with Crippen molar-refractivity contribution >= 4 is 61.9 Å². The zero-order valence-corrected chi connectivity index (χ0v) is 16.0. The summed E-state index contributed by atoms with van der Waals surface area (Å²) < 4.78 is 19.3. The fraction of sp³-hybridized carbons (Fsp3) is 0.0588. The summed E-state index contributed by atoms with van der Waals surface area (Å²) in [6.07, 6.45) is 1.64. The van der Waals surface area contributed by atoms with Crippen LogP contribution < -0.4 is 9.64 Å². The molecule has 0 spiro atoms. The van der Waals surface area contributed by atoms with Crippen LogP contribution in [0.1, 0.15) is 5.56 Å². The van der Waals surface area contributed by atoms with Gasteiger partial charge in [0.1, 0.15) is 5.82 Å². The van der Waals surface area contributed by atoms with Gasteiger partial charge in [-0.1, -0.05) is 30.0 Å². The molecule has 0 atom stereocenters. The standard InChI is InChI=1S/C17H11BrFNO3S2/c1-23-13-6-9(5-12(18)15(13)21)7-14-16(22)20(17(24)25-14)11-4-2-3-10(19)8-11/h2-8,21H,1H3. The van der Waals surface area contributed by atoms with Crippen molar-refractivity contribution in [1.82, 2.24) is 0 Å². The molecule has 1 fully saturated rings. The van der Waals surface area contributed by atoms with Gasteiger partial charge in [-0.2, -0.15) is 0 Å². The van der Waals surface area contributed by atoms with E-state index < -0.39 is 5.82 Å². The van der Waals surface area contributed by atoms with Gasteiger partial charge in [0.2, 0.25) is 0 Å². The quantitative estimate of drug-likeness (QED) is 0.554. The zero-order valence-electron chi connectivity index (χ0n) is 12.8. The summed E-state index contributed by atoms with van der Waals surface area (Å²) in [5.74, 6) is -0.514. The lowest BCUT2D eigenvalue weighted by molar-refractivity contribution is -0.113. The Morgan fingerprint density at radius 2 is 2.12 bits per heavy atom. The van der Waals surface area contributed by atoms with Crippen molar-refractivity contribution in [2.45, 2.75) is 0 Å². The van der Waals surface area contributed by atoms with Gasteiger partial charge >= 0.3 is 0 Å². The van der Waals surface area contributed by atoms with Crippen molar-refractivity contribution in [2.75, 3.05) is 12.0 Å². The number of aromatic hydroxyl groups is 1. The Bertz CT molecular complexity index is 917. The van der Waals surface area contributed by atoms with E-state index in [0.717, 1.165) is 11.8 Å². The molecule has 1 amide bonds. The number of carbonyl (C=O) groups is 1. The van der Waals surface area contributed by atoms with E-state index in [2.05, 4.69) is 15.9 Å². The third-order valence-corrected chi connectivity index (χ3v) is 5.34. The van der Waals surface area contributed by atoms with Gasteiger partial charge in [-0.25, -0.2) is 4.39 Å². The molecule has 4 nitrogen and oxygen atoms in total. The first-order chi connectivity index (χ1) is 11.9. The summed E-state index contributed by atoms with van der Waals surface area (Å²) in [6.45, 7) is 0. The number of anilines is 1. The maximum Gasteiger partial charge on any atom is 0.270 e. The SMILES string of the molecule is COc1cc(C=C2SC(=S)N(c3cccc(F)c3)C2=O)cc(Br)c1O. The number of thiocarbonyl (C=S) groups is 1. The molecule has 3 rings (SSSR count). The van der Waals surface area contributed by atoms with Crippen LogP contribution in [0.4, 0.5) is 10.1 Å². The fourth-order valence-corrected chi connectivity index (χ4v) is 4.05. The zero-order chi connectivity index (χ0) is 18.1. The summed E-state index contributed by atoms with van der Waals surface area (Å²) in [7, 11) is 1.44. The molecule has 1 N–H and O–H groups in total. The van der Waals surface area contributed by atoms with Gasteiger partial charge in [0, 0.05) is 0 Å². The van der Waals surface area contributed by atoms with Crippen LogP contribution in [0.15, 0.2) is 45.8 Å². The van der Waals surface area contributed by atoms with Gasteiger partial charge < -0.3 is 9.84 Å². The summed E-state index contributed by atoms with van der Waals surface area (Å²) in [4.78, 5) is 14.4. The molecule has 8 heteroatoms. The molecule has 1 aliphatic heterocycles. The van der Waals surface area contributed by atoms with Gasteiger partial charge in [0.15, 0.2) is 15.8 Å². The van der Waals surface area contributed by atoms with Crippen molar-refractivity contribution in [1.29, 1.82) is 0 Å². The third kappa shape index (κ3) is 3.56. The number of methoxy groups -OCH3 is 1. The smallest absolute Gasteiger partial charge is 0.270 e. The number of ether oxygens (including phenoxy) is 1. The Morgan fingerprint density at radius 1 is 1.36 bits per heavy atom. The number of carbonyl (C=O) groups excluding carboxylic acids is 1. The number of hydrogen-bond acceptors (Lipinski definition) is 5. The number of hydrogen-bond donors (Lipinski definition) is 1. The molecular weight excluding hydrogens is 429 g/mol. The number of rotatable bonds is 3. The fourth-order valence-electron chi connectivity index (χ4n) is 2.29. The third-order valence-electron chi connectivity index (χ3n) is 3.43. The molecule has 0 aliphatic carbocycles. The summed E-state index contributed by atoms with van der Waals surface area (Å²) in [6, 6.07) is 8.97. The van der Waals surface area contributed by atoms with E-state index in [-0.39, 0.29) is 17.4 Å². The minimum atomic E-state index is -0.442. The van der Waals surface area contributed by atoms with E-state index in [1.807, 2.05) is 0 Å². The van der Waals surface area contributed by atoms with Gasteiger partial charge in [-0.15, -0.1) is 0 Å². The van der Waals surface area contributed by atoms with E-state index in [1.54, 1.807) is 24.3 Å². The molecule has 2 aromatic rings. The van der Waals surface area contributed by atoms with Crippen molar-refractivity contribution in [3.63, 3.8) is 0 Å². The number of thioether (sulfide) groups is 1. The number of phenolic OH excluding ortho intramolecular Hbond substituents is 1. The lowest BCUT2D eigenvalue weighted by Crippen LogP contribution is -2.27. The summed E-state index contributed by atoms with van der Waals surface area (Å²) in [5, 5.41) is 9.86. The van der Waals surface area contributed by atoms with Crippen LogP contribution in [0.25, 0.3) is 6.08 Å². The maximum atomic E-state index is 13.4. The van der Waals surface area contributed by atoms with Crippen LogP contribution in [-0.2, 0) is 4.79 Å². The average Bonchev–Trinajstić information content (AvgIpc) is 2.84. The molecule has 0 saturated carbocycles. The Kier molecular flexibility index (Phi) is 5.12. The first-order valence-corrected chi connectivity index (χ1v) is 9.02. The van der Waals surface area contributed by atoms with E-state index in [1.165, 1.54) is 30.2 Å². The molecule has 2 aromatic carbocycles. The Balaban J connectivity index is 1.97. The molecule has 0 radical (unpaired) electrons. The number of nitrogens with zero attached hydrogens (tertiary/aromatic N) is 1. The predicted molar refractivity (Wildman–Crippen MR) is 104 cm³/mol. The second-order valence-corrected chi connectivity index (χ2v) is 7.58. The highest BCUT2D eigenvalue weighted by molar-refractivity contribution is 9.10. The molecule has 128 valence electrons. The van der Waals surface area contributed by atoms with E-state index in [0.29, 0.717) is 24.9 Å². The van der Waals surface area contributed by atoms with Gasteiger partial charge in [0.25, 0.3) is 5.91 Å². The number of phenols is 1. The molecule has 0 aromatic heterocycles. The van der Waals surface area contributed by atoms with E-state index in [4.69, 9.17) is 17.0 Å². The van der Waals surface area contributed by atoms with Crippen molar-refractivity contribution in [2.24, 2.45) is 0 Å². The Morgan fingerprint density at radius 3 is 2.80 bits per heavy atom. The minimum absolute atomic E-state index is 0.0213. The highest BCUT2D eigenvalue weighted by atomic mass is 79.9. The number of amides is 1. The van der Waals surface area contributed by atoms with Gasteiger partial charge in [-0.3, -0.25) is 9.69 Å². The summed E-state index contributed by atoms with van der Waals surface area (Å²) in [5.41, 5.74) is 1.04. The average molecular weight is 440 g/mol. The van der Waals surface area contributed by atoms with E-state index in [9.17, 15) is 14.3 Å². The molecule has 1 aliphatic rings. The van der Waals surface area contributed by atoms with Gasteiger partial charge in [0.05, 0.1) is 22.2 Å².